The van der Waals surface area contributed by atoms with Crippen LogP contribution in [0, 0.1) is 0 Å². The molecule has 3 N–H and O–H groups in total. The molecule has 0 atom stereocenters. The molecule has 0 amide bonds. The monoisotopic (exact) mass is 285 g/mol. The van der Waals surface area contributed by atoms with Gasteiger partial charge in [-0.25, -0.2) is 5.90 Å². The minimum absolute atomic E-state index is 0.0285. The quantitative estimate of drug-likeness (QED) is 0.821. The molecular formula is C8H7BrF3NO2. The summed E-state index contributed by atoms with van der Waals surface area (Å²) in [5.41, 5.74) is -1.15. The Hall–Kier alpha value is -0.790. The molecule has 1 aromatic carbocycles. The van der Waals surface area contributed by atoms with Gasteiger partial charge in [-0.3, -0.25) is 4.84 Å². The van der Waals surface area contributed by atoms with Crippen molar-refractivity contribution >= 4 is 15.9 Å². The maximum absolute atomic E-state index is 12.4. The van der Waals surface area contributed by atoms with E-state index in [1.54, 1.807) is 0 Å². The third kappa shape index (κ3) is 2.83. The molecule has 0 spiro atoms. The smallest absolute Gasteiger partial charge is 0.420 e. The first-order valence-electron chi connectivity index (χ1n) is 3.76. The lowest BCUT2D eigenvalue weighted by Crippen LogP contribution is -2.08. The Morgan fingerprint density at radius 1 is 1.40 bits per heavy atom. The molecule has 0 heterocycles. The molecule has 0 radical (unpaired) electrons. The number of halogens is 4. The maximum atomic E-state index is 12.4. The van der Waals surface area contributed by atoms with Crippen LogP contribution in [0.5, 0.6) is 5.75 Å². The largest absolute Gasteiger partial charge is 0.507 e. The first-order chi connectivity index (χ1) is 6.86. The molecule has 0 bridgehead atoms. The first kappa shape index (κ1) is 12.3. The van der Waals surface area contributed by atoms with Gasteiger partial charge in [-0.15, -0.1) is 0 Å². The minimum Gasteiger partial charge on any atom is -0.507 e. The zero-order chi connectivity index (χ0) is 11.6. The summed E-state index contributed by atoms with van der Waals surface area (Å²) in [6, 6.07) is 2.09. The van der Waals surface area contributed by atoms with Crippen LogP contribution in [0.1, 0.15) is 11.1 Å². The third-order valence-corrected chi connectivity index (χ3v) is 2.16. The van der Waals surface area contributed by atoms with Crippen LogP contribution in [0.15, 0.2) is 16.6 Å². The summed E-state index contributed by atoms with van der Waals surface area (Å²) in [5.74, 6) is 3.87. The van der Waals surface area contributed by atoms with Crippen molar-refractivity contribution in [3.05, 3.63) is 27.7 Å². The predicted molar refractivity (Wildman–Crippen MR) is 49.8 cm³/mol. The van der Waals surface area contributed by atoms with E-state index in [-0.39, 0.29) is 16.6 Å². The lowest BCUT2D eigenvalue weighted by molar-refractivity contribution is -0.138. The van der Waals surface area contributed by atoms with Crippen molar-refractivity contribution in [1.29, 1.82) is 0 Å². The van der Waals surface area contributed by atoms with Gasteiger partial charge in [-0.05, 0) is 12.1 Å². The summed E-state index contributed by atoms with van der Waals surface area (Å²) in [4.78, 5) is 4.18. The highest BCUT2D eigenvalue weighted by molar-refractivity contribution is 9.10. The van der Waals surface area contributed by atoms with Crippen LogP contribution in [0.3, 0.4) is 0 Å². The number of alkyl halides is 3. The van der Waals surface area contributed by atoms with Gasteiger partial charge in [-0.2, -0.15) is 13.2 Å². The molecular weight excluding hydrogens is 279 g/mol. The van der Waals surface area contributed by atoms with Crippen molar-refractivity contribution in [3.8, 4) is 5.75 Å². The van der Waals surface area contributed by atoms with Gasteiger partial charge >= 0.3 is 6.18 Å². The highest BCUT2D eigenvalue weighted by atomic mass is 79.9. The lowest BCUT2D eigenvalue weighted by Gasteiger charge is -2.12. The second-order valence-corrected chi connectivity index (χ2v) is 3.69. The van der Waals surface area contributed by atoms with Crippen molar-refractivity contribution in [2.45, 2.75) is 12.8 Å². The molecule has 3 nitrogen and oxygen atoms in total. The van der Waals surface area contributed by atoms with E-state index in [1.165, 1.54) is 6.07 Å². The first-order valence-corrected chi connectivity index (χ1v) is 4.56. The Balaban J connectivity index is 3.28. The van der Waals surface area contributed by atoms with Gasteiger partial charge in [0, 0.05) is 10.0 Å². The highest BCUT2D eigenvalue weighted by Crippen LogP contribution is 2.39. The number of rotatable bonds is 2. The van der Waals surface area contributed by atoms with Crippen LogP contribution in [0.2, 0.25) is 0 Å². The number of benzene rings is 1. The Bertz CT molecular complexity index is 368. The van der Waals surface area contributed by atoms with Crippen LogP contribution < -0.4 is 5.90 Å². The molecule has 1 aromatic rings. The SMILES string of the molecule is NOCc1cc(Br)cc(C(F)(F)F)c1O. The van der Waals surface area contributed by atoms with Gasteiger partial charge in [0.05, 0.1) is 12.2 Å². The zero-order valence-corrected chi connectivity index (χ0v) is 8.89. The van der Waals surface area contributed by atoms with Crippen LogP contribution in [0.25, 0.3) is 0 Å². The van der Waals surface area contributed by atoms with Crippen LogP contribution >= 0.6 is 15.9 Å². The lowest BCUT2D eigenvalue weighted by atomic mass is 10.1. The van der Waals surface area contributed by atoms with E-state index >= 15 is 0 Å². The van der Waals surface area contributed by atoms with Crippen molar-refractivity contribution in [2.24, 2.45) is 5.90 Å². The van der Waals surface area contributed by atoms with E-state index in [0.29, 0.717) is 0 Å². The standard InChI is InChI=1S/C8H7BrF3NO2/c9-5-1-4(3-15-13)7(14)6(2-5)8(10,11)12/h1-2,14H,3,13H2. The number of hydrogen-bond donors (Lipinski definition) is 2. The Morgan fingerprint density at radius 2 is 2.00 bits per heavy atom. The molecule has 1 rings (SSSR count). The van der Waals surface area contributed by atoms with E-state index in [0.717, 1.165) is 6.07 Å². The Labute approximate surface area is 91.7 Å². The van der Waals surface area contributed by atoms with Gasteiger partial charge in [-0.1, -0.05) is 15.9 Å². The third-order valence-electron chi connectivity index (χ3n) is 1.70. The van der Waals surface area contributed by atoms with Crippen LogP contribution in [-0.4, -0.2) is 5.11 Å². The number of nitrogens with two attached hydrogens (primary N) is 1. The fraction of sp³-hybridized carbons (Fsp3) is 0.250. The molecule has 0 unspecified atom stereocenters. The molecule has 0 aliphatic heterocycles. The van der Waals surface area contributed by atoms with E-state index < -0.39 is 17.5 Å². The fourth-order valence-corrected chi connectivity index (χ4v) is 1.58. The second-order valence-electron chi connectivity index (χ2n) is 2.77. The van der Waals surface area contributed by atoms with Gasteiger partial charge in [0.15, 0.2) is 0 Å². The maximum Gasteiger partial charge on any atom is 0.420 e. The molecule has 0 saturated heterocycles. The average Bonchev–Trinajstić information content (AvgIpc) is 2.09. The van der Waals surface area contributed by atoms with Crippen molar-refractivity contribution in [2.75, 3.05) is 0 Å². The minimum atomic E-state index is -4.61. The zero-order valence-electron chi connectivity index (χ0n) is 7.31. The molecule has 15 heavy (non-hydrogen) atoms. The second kappa shape index (κ2) is 4.38. The summed E-state index contributed by atoms with van der Waals surface area (Å²) in [6.45, 7) is -0.297. The van der Waals surface area contributed by atoms with Crippen LogP contribution in [0.4, 0.5) is 13.2 Å². The van der Waals surface area contributed by atoms with Gasteiger partial charge in [0.1, 0.15) is 5.75 Å². The molecule has 84 valence electrons. The topological polar surface area (TPSA) is 55.5 Å². The Morgan fingerprint density at radius 3 is 2.47 bits per heavy atom. The van der Waals surface area contributed by atoms with E-state index in [1.807, 2.05) is 0 Å². The predicted octanol–water partition coefficient (Wildman–Crippen LogP) is 2.56. The number of phenolic OH excluding ortho intramolecular Hbond substituents is 1. The number of phenols is 1. The average molecular weight is 286 g/mol. The number of aromatic hydroxyl groups is 1. The van der Waals surface area contributed by atoms with Crippen molar-refractivity contribution < 1.29 is 23.1 Å². The van der Waals surface area contributed by atoms with Gasteiger partial charge in [0.2, 0.25) is 0 Å². The van der Waals surface area contributed by atoms with Gasteiger partial charge < -0.3 is 5.11 Å². The molecule has 7 heteroatoms. The molecule has 0 aliphatic carbocycles. The van der Waals surface area contributed by atoms with Gasteiger partial charge in [0.25, 0.3) is 0 Å². The Kier molecular flexibility index (Phi) is 3.58. The summed E-state index contributed by atoms with van der Waals surface area (Å²) in [7, 11) is 0. The molecule has 0 saturated carbocycles. The van der Waals surface area contributed by atoms with E-state index in [9.17, 15) is 18.3 Å². The van der Waals surface area contributed by atoms with Crippen molar-refractivity contribution in [1.82, 2.24) is 0 Å². The summed E-state index contributed by atoms with van der Waals surface area (Å²) >= 11 is 2.90. The van der Waals surface area contributed by atoms with Crippen LogP contribution in [-0.2, 0) is 17.6 Å². The molecule has 0 fully saturated rings. The summed E-state index contributed by atoms with van der Waals surface area (Å²) < 4.78 is 37.4. The fourth-order valence-electron chi connectivity index (χ4n) is 1.07. The normalized spacial score (nSPS) is 11.8. The van der Waals surface area contributed by atoms with Crippen molar-refractivity contribution in [3.63, 3.8) is 0 Å². The summed E-state index contributed by atoms with van der Waals surface area (Å²) in [5, 5.41) is 9.30. The molecule has 0 aliphatic rings. The molecule has 0 aromatic heterocycles. The summed E-state index contributed by atoms with van der Waals surface area (Å²) in [6.07, 6.45) is -4.61. The highest BCUT2D eigenvalue weighted by Gasteiger charge is 2.35. The van der Waals surface area contributed by atoms with E-state index in [4.69, 9.17) is 5.90 Å². The van der Waals surface area contributed by atoms with E-state index in [2.05, 4.69) is 20.8 Å². The number of hydrogen-bond acceptors (Lipinski definition) is 3.